The van der Waals surface area contributed by atoms with Crippen molar-refractivity contribution < 1.29 is 22.3 Å². The number of allylic oxidation sites excluding steroid dienone is 1. The van der Waals surface area contributed by atoms with Crippen LogP contribution < -0.4 is 0 Å². The normalized spacial score (nSPS) is 14.8. The van der Waals surface area contributed by atoms with Crippen molar-refractivity contribution in [1.29, 1.82) is 0 Å². The summed E-state index contributed by atoms with van der Waals surface area (Å²) in [6, 6.07) is 0. The number of ether oxygens (including phenoxy) is 1. The van der Waals surface area contributed by atoms with Crippen LogP contribution in [-0.4, -0.2) is 25.2 Å². The molecule has 0 atom stereocenters. The first-order valence-electron chi connectivity index (χ1n) is 4.17. The molecule has 0 radical (unpaired) electrons. The molecule has 0 amide bonds. The van der Waals surface area contributed by atoms with Gasteiger partial charge in [-0.1, -0.05) is 0 Å². The maximum atomic E-state index is 12.9. The predicted molar refractivity (Wildman–Crippen MR) is 66.0 cm³/mol. The lowest BCUT2D eigenvalue weighted by atomic mass is 10.4. The minimum Gasteiger partial charge on any atom is -0.467 e. The molecule has 0 N–H and O–H groups in total. The molecule has 0 rings (SSSR count). The molecule has 0 aromatic carbocycles. The molecule has 0 heterocycles. The Kier molecular flexibility index (Phi) is 7.00. The zero-order valence-electron chi connectivity index (χ0n) is 8.76. The third-order valence-corrected chi connectivity index (χ3v) is 1.90. The van der Waals surface area contributed by atoms with Crippen molar-refractivity contribution in [2.45, 2.75) is 13.1 Å². The predicted octanol–water partition coefficient (Wildman–Crippen LogP) is 3.77. The van der Waals surface area contributed by atoms with Crippen LogP contribution in [-0.2, 0) is 4.74 Å². The largest absolute Gasteiger partial charge is 0.467 e. The second-order valence-electron chi connectivity index (χ2n) is 2.70. The van der Waals surface area contributed by atoms with E-state index >= 15 is 0 Å². The van der Waals surface area contributed by atoms with Gasteiger partial charge in [0.25, 0.3) is 0 Å². The Balaban J connectivity index is 4.62. The lowest BCUT2D eigenvalue weighted by Crippen LogP contribution is -2.16. The molecule has 96 valence electrons. The number of hydrogen-bond acceptors (Lipinski definition) is 3. The molecule has 0 aliphatic rings. The number of hydrogen-bond donors (Lipinski definition) is 0. The van der Waals surface area contributed by atoms with E-state index in [-0.39, 0.29) is 5.71 Å². The summed E-state index contributed by atoms with van der Waals surface area (Å²) in [6.07, 6.45) is -3.61. The lowest BCUT2D eigenvalue weighted by Gasteiger charge is -2.07. The quantitative estimate of drug-likeness (QED) is 0.317. The van der Waals surface area contributed by atoms with Crippen LogP contribution in [0.4, 0.5) is 17.6 Å². The van der Waals surface area contributed by atoms with Gasteiger partial charge in [0, 0.05) is 4.08 Å². The van der Waals surface area contributed by atoms with Gasteiger partial charge in [0.05, 0.1) is 11.9 Å². The second kappa shape index (κ2) is 7.41. The van der Waals surface area contributed by atoms with E-state index in [4.69, 9.17) is 0 Å². The second-order valence-corrected chi connectivity index (χ2v) is 3.32. The Bertz CT molecular complexity index is 360. The lowest BCUT2D eigenvalue weighted by molar-refractivity contribution is -0.164. The third kappa shape index (κ3) is 7.88. The molecular weight excluding hydrogens is 355 g/mol. The molecule has 0 aromatic heterocycles. The fraction of sp³-hybridized carbons (Fsp3) is 0.333. The van der Waals surface area contributed by atoms with Gasteiger partial charge in [0.15, 0.2) is 6.61 Å². The highest BCUT2D eigenvalue weighted by molar-refractivity contribution is 14.1. The van der Waals surface area contributed by atoms with Crippen LogP contribution in [0.25, 0.3) is 0 Å². The summed E-state index contributed by atoms with van der Waals surface area (Å²) >= 11 is 1.67. The third-order valence-electron chi connectivity index (χ3n) is 1.35. The summed E-state index contributed by atoms with van der Waals surface area (Å²) in [6.45, 7) is 2.86. The van der Waals surface area contributed by atoms with Gasteiger partial charge in [-0.25, -0.2) is 9.38 Å². The first-order chi connectivity index (χ1) is 7.80. The van der Waals surface area contributed by atoms with E-state index in [1.54, 1.807) is 22.6 Å². The number of alkyl halides is 3. The minimum atomic E-state index is -4.48. The average Bonchev–Trinajstić information content (AvgIpc) is 2.26. The first-order valence-corrected chi connectivity index (χ1v) is 5.42. The van der Waals surface area contributed by atoms with E-state index in [0.717, 1.165) is 10.3 Å². The topological polar surface area (TPSA) is 34.0 Å². The molecule has 8 heteroatoms. The Morgan fingerprint density at radius 2 is 2.06 bits per heavy atom. The number of nitrogens with zero attached hydrogens (tertiary/aromatic N) is 2. The standard InChI is InChI=1S/C9H9F4IN2O/c1-6(7(10)3-14)16-4-8(15-2)17-5-9(11,12)13/h3-4H,2,5H2,1H3/b7-3-,8-4+,16-6+. The molecule has 0 aliphatic carbocycles. The molecule has 0 saturated carbocycles. The molecule has 17 heavy (non-hydrogen) atoms. The monoisotopic (exact) mass is 364 g/mol. The molecule has 3 nitrogen and oxygen atoms in total. The van der Waals surface area contributed by atoms with Crippen molar-refractivity contribution in [3.05, 3.63) is 22.0 Å². The molecule has 0 spiro atoms. The van der Waals surface area contributed by atoms with Gasteiger partial charge in [-0.15, -0.1) is 0 Å². The van der Waals surface area contributed by atoms with Crippen LogP contribution in [0.5, 0.6) is 0 Å². The van der Waals surface area contributed by atoms with Gasteiger partial charge in [-0.2, -0.15) is 13.2 Å². The van der Waals surface area contributed by atoms with E-state index in [0.29, 0.717) is 0 Å². The summed E-state index contributed by atoms with van der Waals surface area (Å²) in [5.74, 6) is -1.02. The summed E-state index contributed by atoms with van der Waals surface area (Å²) in [7, 11) is 0. The van der Waals surface area contributed by atoms with Gasteiger partial charge < -0.3 is 4.74 Å². The van der Waals surface area contributed by atoms with Gasteiger partial charge in [-0.3, -0.25) is 4.99 Å². The highest BCUT2D eigenvalue weighted by atomic mass is 127. The van der Waals surface area contributed by atoms with Crippen LogP contribution in [0.1, 0.15) is 6.92 Å². The first kappa shape index (κ1) is 16.1. The maximum Gasteiger partial charge on any atom is 0.422 e. The Morgan fingerprint density at radius 3 is 2.47 bits per heavy atom. The Hall–Kier alpha value is -0.930. The zero-order valence-corrected chi connectivity index (χ0v) is 10.9. The Morgan fingerprint density at radius 1 is 1.47 bits per heavy atom. The minimum absolute atomic E-state index is 0.00356. The molecular formula is C9H9F4IN2O. The van der Waals surface area contributed by atoms with E-state index < -0.39 is 24.5 Å². The highest BCUT2D eigenvalue weighted by Gasteiger charge is 2.28. The van der Waals surface area contributed by atoms with E-state index in [1.807, 2.05) is 0 Å². The van der Waals surface area contributed by atoms with E-state index in [2.05, 4.69) is 21.4 Å². The molecule has 0 saturated heterocycles. The SMILES string of the molecule is C=N\C(=C/N=C(C)/C(F)=C/I)OCC(F)(F)F. The molecule has 0 bridgehead atoms. The molecule has 0 unspecified atom stereocenters. The van der Waals surface area contributed by atoms with Crippen LogP contribution in [0.2, 0.25) is 0 Å². The number of halogens is 5. The van der Waals surface area contributed by atoms with Crippen molar-refractivity contribution in [2.24, 2.45) is 9.98 Å². The van der Waals surface area contributed by atoms with Crippen molar-refractivity contribution in [3.63, 3.8) is 0 Å². The van der Waals surface area contributed by atoms with Crippen molar-refractivity contribution in [2.75, 3.05) is 6.61 Å². The van der Waals surface area contributed by atoms with E-state index in [1.165, 1.54) is 6.92 Å². The number of rotatable bonds is 5. The maximum absolute atomic E-state index is 12.9. The van der Waals surface area contributed by atoms with Crippen LogP contribution in [0, 0.1) is 0 Å². The number of aliphatic imine (C=N–C) groups is 2. The molecule has 0 aromatic rings. The Labute approximate surface area is 109 Å². The van der Waals surface area contributed by atoms with Crippen LogP contribution >= 0.6 is 22.6 Å². The summed E-state index contributed by atoms with van der Waals surface area (Å²) in [4.78, 5) is 6.73. The fourth-order valence-corrected chi connectivity index (χ4v) is 1.02. The summed E-state index contributed by atoms with van der Waals surface area (Å²) < 4.78 is 53.7. The fourth-order valence-electron chi connectivity index (χ4n) is 0.572. The average molecular weight is 364 g/mol. The van der Waals surface area contributed by atoms with Crippen molar-refractivity contribution in [3.8, 4) is 0 Å². The van der Waals surface area contributed by atoms with Crippen LogP contribution in [0.3, 0.4) is 0 Å². The molecule has 0 fully saturated rings. The van der Waals surface area contributed by atoms with Gasteiger partial charge in [0.1, 0.15) is 5.83 Å². The van der Waals surface area contributed by atoms with Gasteiger partial charge in [0.2, 0.25) is 5.88 Å². The highest BCUT2D eigenvalue weighted by Crippen LogP contribution is 2.16. The smallest absolute Gasteiger partial charge is 0.422 e. The summed E-state index contributed by atoms with van der Waals surface area (Å²) in [5.41, 5.74) is -0.00356. The van der Waals surface area contributed by atoms with Gasteiger partial charge >= 0.3 is 6.18 Å². The van der Waals surface area contributed by atoms with Crippen molar-refractivity contribution >= 4 is 35.0 Å². The van der Waals surface area contributed by atoms with Gasteiger partial charge in [-0.05, 0) is 36.2 Å². The van der Waals surface area contributed by atoms with E-state index in [9.17, 15) is 17.6 Å². The van der Waals surface area contributed by atoms with Crippen LogP contribution in [0.15, 0.2) is 32.0 Å². The zero-order chi connectivity index (χ0) is 13.5. The summed E-state index contributed by atoms with van der Waals surface area (Å²) in [5, 5.41) is 0. The molecule has 0 aliphatic heterocycles. The van der Waals surface area contributed by atoms with Crippen molar-refractivity contribution in [1.82, 2.24) is 0 Å².